The molecule has 24 heavy (non-hydrogen) atoms. The van der Waals surface area contributed by atoms with Crippen LogP contribution in [0.2, 0.25) is 0 Å². The molecular formula is C21H24N2O. The summed E-state index contributed by atoms with van der Waals surface area (Å²) < 4.78 is 5.19. The summed E-state index contributed by atoms with van der Waals surface area (Å²) >= 11 is 0. The molecule has 0 saturated carbocycles. The summed E-state index contributed by atoms with van der Waals surface area (Å²) in [5.74, 6) is 2.00. The fourth-order valence-electron chi connectivity index (χ4n) is 2.90. The van der Waals surface area contributed by atoms with Gasteiger partial charge in [-0.3, -0.25) is 0 Å². The van der Waals surface area contributed by atoms with E-state index in [1.807, 2.05) is 18.2 Å². The first kappa shape index (κ1) is 16.3. The highest BCUT2D eigenvalue weighted by Crippen LogP contribution is 2.15. The third-order valence-corrected chi connectivity index (χ3v) is 4.29. The van der Waals surface area contributed by atoms with Crippen molar-refractivity contribution in [3.8, 4) is 5.75 Å². The molecule has 3 heteroatoms. The van der Waals surface area contributed by atoms with Gasteiger partial charge in [-0.25, -0.2) is 4.98 Å². The van der Waals surface area contributed by atoms with Crippen molar-refractivity contribution in [1.29, 1.82) is 0 Å². The van der Waals surface area contributed by atoms with Crippen molar-refractivity contribution in [2.24, 2.45) is 0 Å². The number of aromatic nitrogens is 2. The lowest BCUT2D eigenvalue weighted by molar-refractivity contribution is 0.414. The Bertz CT molecular complexity index is 760. The molecule has 0 amide bonds. The maximum absolute atomic E-state index is 5.19. The van der Waals surface area contributed by atoms with Crippen LogP contribution in [-0.2, 0) is 19.3 Å². The van der Waals surface area contributed by atoms with Gasteiger partial charge in [-0.2, -0.15) is 0 Å². The summed E-state index contributed by atoms with van der Waals surface area (Å²) in [4.78, 5) is 8.23. The molecule has 3 aromatic rings. The second-order valence-corrected chi connectivity index (χ2v) is 6.12. The number of benzene rings is 2. The van der Waals surface area contributed by atoms with Crippen LogP contribution in [0, 0.1) is 6.92 Å². The van der Waals surface area contributed by atoms with Crippen LogP contribution in [0.25, 0.3) is 0 Å². The number of methoxy groups -OCH3 is 1. The van der Waals surface area contributed by atoms with Gasteiger partial charge in [0.1, 0.15) is 11.6 Å². The molecule has 1 N–H and O–H groups in total. The van der Waals surface area contributed by atoms with E-state index >= 15 is 0 Å². The molecule has 2 aromatic carbocycles. The fraction of sp³-hybridized carbons (Fsp3) is 0.286. The van der Waals surface area contributed by atoms with Crippen molar-refractivity contribution < 1.29 is 4.74 Å². The van der Waals surface area contributed by atoms with Gasteiger partial charge in [0.05, 0.1) is 12.8 Å². The predicted molar refractivity (Wildman–Crippen MR) is 97.6 cm³/mol. The molecule has 0 saturated heterocycles. The molecule has 0 aliphatic carbocycles. The Kier molecular flexibility index (Phi) is 5.32. The Morgan fingerprint density at radius 3 is 2.38 bits per heavy atom. The number of rotatable bonds is 7. The van der Waals surface area contributed by atoms with E-state index in [-0.39, 0.29) is 0 Å². The molecular weight excluding hydrogens is 296 g/mol. The lowest BCUT2D eigenvalue weighted by Gasteiger charge is -2.03. The minimum Gasteiger partial charge on any atom is -0.497 e. The summed E-state index contributed by atoms with van der Waals surface area (Å²) in [6.07, 6.45) is 4.01. The van der Waals surface area contributed by atoms with E-state index in [1.54, 1.807) is 7.11 Å². The number of nitrogens with zero attached hydrogens (tertiary/aromatic N) is 1. The summed E-state index contributed by atoms with van der Waals surface area (Å²) in [6, 6.07) is 18.8. The second kappa shape index (κ2) is 7.82. The summed E-state index contributed by atoms with van der Waals surface area (Å²) in [5, 5.41) is 0. The molecule has 1 heterocycles. The number of ether oxygens (including phenoxy) is 1. The van der Waals surface area contributed by atoms with Crippen LogP contribution in [0.15, 0.2) is 54.6 Å². The first-order chi connectivity index (χ1) is 11.7. The van der Waals surface area contributed by atoms with Crippen LogP contribution in [0.5, 0.6) is 5.75 Å². The van der Waals surface area contributed by atoms with Gasteiger partial charge in [-0.15, -0.1) is 0 Å². The Morgan fingerprint density at radius 2 is 1.67 bits per heavy atom. The van der Waals surface area contributed by atoms with Crippen molar-refractivity contribution >= 4 is 0 Å². The zero-order valence-electron chi connectivity index (χ0n) is 14.4. The Labute approximate surface area is 143 Å². The Balaban J connectivity index is 1.55. The summed E-state index contributed by atoms with van der Waals surface area (Å²) in [6.45, 7) is 2.11. The molecule has 0 radical (unpaired) electrons. The van der Waals surface area contributed by atoms with E-state index in [0.29, 0.717) is 0 Å². The highest BCUT2D eigenvalue weighted by atomic mass is 16.5. The lowest BCUT2D eigenvalue weighted by Crippen LogP contribution is -1.93. The van der Waals surface area contributed by atoms with Crippen molar-refractivity contribution in [1.82, 2.24) is 9.97 Å². The molecule has 0 aliphatic rings. The first-order valence-corrected chi connectivity index (χ1v) is 8.46. The lowest BCUT2D eigenvalue weighted by atomic mass is 10.1. The van der Waals surface area contributed by atoms with Gasteiger partial charge in [-0.1, -0.05) is 42.5 Å². The fourth-order valence-corrected chi connectivity index (χ4v) is 2.90. The van der Waals surface area contributed by atoms with Crippen LogP contribution in [-0.4, -0.2) is 17.1 Å². The number of aromatic amines is 1. The summed E-state index contributed by atoms with van der Waals surface area (Å²) in [5.41, 5.74) is 4.97. The molecule has 0 unspecified atom stereocenters. The summed E-state index contributed by atoms with van der Waals surface area (Å²) in [7, 11) is 1.70. The number of H-pyrrole nitrogens is 1. The second-order valence-electron chi connectivity index (χ2n) is 6.12. The molecule has 0 atom stereocenters. The van der Waals surface area contributed by atoms with Gasteiger partial charge >= 0.3 is 0 Å². The van der Waals surface area contributed by atoms with Crippen LogP contribution < -0.4 is 4.74 Å². The first-order valence-electron chi connectivity index (χ1n) is 8.46. The Hall–Kier alpha value is -2.55. The van der Waals surface area contributed by atoms with Crippen molar-refractivity contribution in [3.05, 3.63) is 82.9 Å². The van der Waals surface area contributed by atoms with Crippen LogP contribution in [0.1, 0.15) is 34.8 Å². The normalized spacial score (nSPS) is 10.8. The standard InChI is InChI=1S/C21H24N2O/c1-16-20(15-18-7-4-3-5-8-18)23-21(22-16)10-6-9-17-11-13-19(24-2)14-12-17/h3-5,7-8,11-14H,6,9-10,15H2,1-2H3,(H,22,23). The molecule has 3 rings (SSSR count). The number of imidazole rings is 1. The van der Waals surface area contributed by atoms with Crippen LogP contribution in [0.4, 0.5) is 0 Å². The highest BCUT2D eigenvalue weighted by molar-refractivity contribution is 5.27. The van der Waals surface area contributed by atoms with E-state index in [9.17, 15) is 0 Å². The van der Waals surface area contributed by atoms with Gasteiger partial charge in [0, 0.05) is 18.5 Å². The van der Waals surface area contributed by atoms with Gasteiger partial charge in [-0.05, 0) is 43.0 Å². The minimum absolute atomic E-state index is 0.891. The molecule has 0 fully saturated rings. The van der Waals surface area contributed by atoms with Gasteiger partial charge in [0.25, 0.3) is 0 Å². The molecule has 3 nitrogen and oxygen atoms in total. The topological polar surface area (TPSA) is 37.9 Å². The largest absolute Gasteiger partial charge is 0.497 e. The molecule has 0 spiro atoms. The average Bonchev–Trinajstić information content (AvgIpc) is 2.96. The van der Waals surface area contributed by atoms with E-state index in [0.717, 1.165) is 43.0 Å². The third kappa shape index (κ3) is 4.25. The van der Waals surface area contributed by atoms with Gasteiger partial charge in [0.15, 0.2) is 0 Å². The molecule has 0 aliphatic heterocycles. The van der Waals surface area contributed by atoms with E-state index in [2.05, 4.69) is 48.3 Å². The highest BCUT2D eigenvalue weighted by Gasteiger charge is 2.07. The number of aryl methyl sites for hydroxylation is 3. The van der Waals surface area contributed by atoms with Gasteiger partial charge < -0.3 is 9.72 Å². The number of hydrogen-bond acceptors (Lipinski definition) is 2. The van der Waals surface area contributed by atoms with E-state index in [1.165, 1.54) is 16.8 Å². The smallest absolute Gasteiger partial charge is 0.118 e. The molecule has 124 valence electrons. The third-order valence-electron chi connectivity index (χ3n) is 4.29. The van der Waals surface area contributed by atoms with Gasteiger partial charge in [0.2, 0.25) is 0 Å². The molecule has 0 bridgehead atoms. The van der Waals surface area contributed by atoms with Crippen molar-refractivity contribution in [3.63, 3.8) is 0 Å². The number of hydrogen-bond donors (Lipinski definition) is 1. The zero-order valence-corrected chi connectivity index (χ0v) is 14.4. The number of nitrogens with one attached hydrogen (secondary N) is 1. The maximum Gasteiger partial charge on any atom is 0.118 e. The van der Waals surface area contributed by atoms with E-state index < -0.39 is 0 Å². The van der Waals surface area contributed by atoms with Crippen molar-refractivity contribution in [2.75, 3.05) is 7.11 Å². The van der Waals surface area contributed by atoms with Crippen LogP contribution in [0.3, 0.4) is 0 Å². The quantitative estimate of drug-likeness (QED) is 0.696. The Morgan fingerprint density at radius 1 is 0.917 bits per heavy atom. The van der Waals surface area contributed by atoms with Crippen LogP contribution >= 0.6 is 0 Å². The maximum atomic E-state index is 5.19. The molecule has 1 aromatic heterocycles. The van der Waals surface area contributed by atoms with E-state index in [4.69, 9.17) is 9.72 Å². The minimum atomic E-state index is 0.891. The average molecular weight is 320 g/mol. The predicted octanol–water partition coefficient (Wildman–Crippen LogP) is 4.49. The monoisotopic (exact) mass is 320 g/mol. The SMILES string of the molecule is COc1ccc(CCCc2nc(Cc3ccccc3)c(C)[nH]2)cc1. The zero-order chi connectivity index (χ0) is 16.8. The van der Waals surface area contributed by atoms with Crippen molar-refractivity contribution in [2.45, 2.75) is 32.6 Å².